The first kappa shape index (κ1) is 10.2. The molecule has 0 aromatic carbocycles. The maximum atomic E-state index is 10.3. The predicted octanol–water partition coefficient (Wildman–Crippen LogP) is 1.70. The van der Waals surface area contributed by atoms with Gasteiger partial charge in [0.2, 0.25) is 0 Å². The largest absolute Gasteiger partial charge is 0.481 e. The van der Waals surface area contributed by atoms with Crippen molar-refractivity contribution in [3.63, 3.8) is 0 Å². The zero-order valence-electron chi connectivity index (χ0n) is 7.49. The lowest BCUT2D eigenvalue weighted by Gasteiger charge is -2.09. The van der Waals surface area contributed by atoms with Crippen molar-refractivity contribution >= 4 is 17.3 Å². The Morgan fingerprint density at radius 3 is 3.08 bits per heavy atom. The molecule has 1 heterocycles. The van der Waals surface area contributed by atoms with Crippen LogP contribution in [0.1, 0.15) is 18.9 Å². The number of carboxylic acid groups (broad SMARTS) is 1. The highest BCUT2D eigenvalue weighted by Gasteiger charge is 2.06. The molecule has 0 aliphatic rings. The van der Waals surface area contributed by atoms with Crippen LogP contribution in [0.2, 0.25) is 0 Å². The van der Waals surface area contributed by atoms with Crippen molar-refractivity contribution in [1.82, 2.24) is 5.32 Å². The summed E-state index contributed by atoms with van der Waals surface area (Å²) < 4.78 is 0. The Labute approximate surface area is 81.4 Å². The van der Waals surface area contributed by atoms with Gasteiger partial charge in [0.1, 0.15) is 0 Å². The molecule has 1 unspecified atom stereocenters. The highest BCUT2D eigenvalue weighted by atomic mass is 32.1. The second-order valence-electron chi connectivity index (χ2n) is 3.01. The normalized spacial score (nSPS) is 12.7. The molecular weight excluding hydrogens is 186 g/mol. The van der Waals surface area contributed by atoms with E-state index >= 15 is 0 Å². The number of hydrogen-bond donors (Lipinski definition) is 2. The van der Waals surface area contributed by atoms with Crippen molar-refractivity contribution < 1.29 is 9.90 Å². The molecule has 0 saturated heterocycles. The van der Waals surface area contributed by atoms with Crippen molar-refractivity contribution in [2.24, 2.45) is 0 Å². The van der Waals surface area contributed by atoms with E-state index in [9.17, 15) is 4.79 Å². The Morgan fingerprint density at radius 2 is 2.54 bits per heavy atom. The van der Waals surface area contributed by atoms with Crippen LogP contribution in [0.15, 0.2) is 16.8 Å². The van der Waals surface area contributed by atoms with Crippen molar-refractivity contribution in [3.8, 4) is 0 Å². The number of hydrogen-bond acceptors (Lipinski definition) is 3. The van der Waals surface area contributed by atoms with Crippen LogP contribution in [0.5, 0.6) is 0 Å². The van der Waals surface area contributed by atoms with Gasteiger partial charge < -0.3 is 10.4 Å². The Hall–Kier alpha value is -0.870. The van der Waals surface area contributed by atoms with Gasteiger partial charge >= 0.3 is 5.97 Å². The second kappa shape index (κ2) is 4.99. The maximum Gasteiger partial charge on any atom is 0.304 e. The zero-order chi connectivity index (χ0) is 9.68. The summed E-state index contributed by atoms with van der Waals surface area (Å²) >= 11 is 1.65. The number of aliphatic carboxylic acids is 1. The number of carboxylic acids is 1. The van der Waals surface area contributed by atoms with E-state index in [2.05, 4.69) is 10.7 Å². The van der Waals surface area contributed by atoms with E-state index in [0.29, 0.717) is 0 Å². The van der Waals surface area contributed by atoms with Gasteiger partial charge in [-0.2, -0.15) is 11.3 Å². The van der Waals surface area contributed by atoms with Gasteiger partial charge in [-0.15, -0.1) is 0 Å². The molecule has 72 valence electrons. The van der Waals surface area contributed by atoms with Crippen LogP contribution >= 0.6 is 11.3 Å². The Bertz CT molecular complexity index is 259. The molecular formula is C9H13NO2S. The van der Waals surface area contributed by atoms with Crippen molar-refractivity contribution in [2.45, 2.75) is 25.9 Å². The van der Waals surface area contributed by atoms with Crippen LogP contribution in [-0.2, 0) is 11.3 Å². The van der Waals surface area contributed by atoms with E-state index in [1.807, 2.05) is 18.4 Å². The summed E-state index contributed by atoms with van der Waals surface area (Å²) in [7, 11) is 0. The zero-order valence-corrected chi connectivity index (χ0v) is 8.30. The molecule has 0 fully saturated rings. The molecule has 1 atom stereocenters. The van der Waals surface area contributed by atoms with Crippen molar-refractivity contribution in [1.29, 1.82) is 0 Å². The molecule has 4 heteroatoms. The minimum atomic E-state index is -0.759. The first-order valence-electron chi connectivity index (χ1n) is 4.14. The summed E-state index contributed by atoms with van der Waals surface area (Å²) in [5.41, 5.74) is 1.21. The monoisotopic (exact) mass is 199 g/mol. The SMILES string of the molecule is CC(CC(=O)O)NCc1ccsc1. The molecule has 1 aromatic rings. The van der Waals surface area contributed by atoms with Gasteiger partial charge in [-0.1, -0.05) is 0 Å². The third kappa shape index (κ3) is 4.05. The first-order valence-corrected chi connectivity index (χ1v) is 5.09. The summed E-state index contributed by atoms with van der Waals surface area (Å²) in [6.45, 7) is 2.62. The maximum absolute atomic E-state index is 10.3. The van der Waals surface area contributed by atoms with Gasteiger partial charge in [0.05, 0.1) is 6.42 Å². The average Bonchev–Trinajstić information content (AvgIpc) is 2.51. The molecule has 0 aliphatic carbocycles. The third-order valence-corrected chi connectivity index (χ3v) is 2.45. The van der Waals surface area contributed by atoms with Gasteiger partial charge in [-0.25, -0.2) is 0 Å². The van der Waals surface area contributed by atoms with Crippen LogP contribution in [0, 0.1) is 0 Å². The van der Waals surface area contributed by atoms with E-state index in [1.54, 1.807) is 11.3 Å². The number of rotatable bonds is 5. The minimum absolute atomic E-state index is 0.0254. The lowest BCUT2D eigenvalue weighted by atomic mass is 10.2. The third-order valence-electron chi connectivity index (χ3n) is 1.72. The lowest BCUT2D eigenvalue weighted by molar-refractivity contribution is -0.137. The van der Waals surface area contributed by atoms with Crippen LogP contribution in [0.4, 0.5) is 0 Å². The molecule has 2 N–H and O–H groups in total. The molecule has 0 radical (unpaired) electrons. The van der Waals surface area contributed by atoms with E-state index in [0.717, 1.165) is 6.54 Å². The van der Waals surface area contributed by atoms with Gasteiger partial charge in [-0.3, -0.25) is 4.79 Å². The highest BCUT2D eigenvalue weighted by molar-refractivity contribution is 7.07. The van der Waals surface area contributed by atoms with Crippen LogP contribution in [0.25, 0.3) is 0 Å². The van der Waals surface area contributed by atoms with Crippen molar-refractivity contribution in [2.75, 3.05) is 0 Å². The fraction of sp³-hybridized carbons (Fsp3) is 0.444. The molecule has 0 spiro atoms. The van der Waals surface area contributed by atoms with Crippen molar-refractivity contribution in [3.05, 3.63) is 22.4 Å². The molecule has 3 nitrogen and oxygen atoms in total. The number of carbonyl (C=O) groups is 1. The van der Waals surface area contributed by atoms with Crippen LogP contribution < -0.4 is 5.32 Å². The fourth-order valence-electron chi connectivity index (χ4n) is 1.02. The summed E-state index contributed by atoms with van der Waals surface area (Å²) in [5.74, 6) is -0.759. The van der Waals surface area contributed by atoms with Gasteiger partial charge in [-0.05, 0) is 29.3 Å². The average molecular weight is 199 g/mol. The fourth-order valence-corrected chi connectivity index (χ4v) is 1.69. The van der Waals surface area contributed by atoms with Gasteiger partial charge in [0.25, 0.3) is 0 Å². The predicted molar refractivity (Wildman–Crippen MR) is 52.9 cm³/mol. The smallest absolute Gasteiger partial charge is 0.304 e. The standard InChI is InChI=1S/C9H13NO2S/c1-7(4-9(11)12)10-5-8-2-3-13-6-8/h2-3,6-7,10H,4-5H2,1H3,(H,11,12). The van der Waals surface area contributed by atoms with E-state index in [1.165, 1.54) is 5.56 Å². The highest BCUT2D eigenvalue weighted by Crippen LogP contribution is 2.05. The van der Waals surface area contributed by atoms with E-state index in [4.69, 9.17) is 5.11 Å². The summed E-state index contributed by atoms with van der Waals surface area (Å²) in [6.07, 6.45) is 0.171. The Morgan fingerprint density at radius 1 is 1.77 bits per heavy atom. The van der Waals surface area contributed by atoms with E-state index < -0.39 is 5.97 Å². The molecule has 0 aliphatic heterocycles. The molecule has 0 saturated carbocycles. The number of thiophene rings is 1. The van der Waals surface area contributed by atoms with Crippen LogP contribution in [-0.4, -0.2) is 17.1 Å². The first-order chi connectivity index (χ1) is 6.18. The molecule has 1 aromatic heterocycles. The van der Waals surface area contributed by atoms with Crippen LogP contribution in [0.3, 0.4) is 0 Å². The lowest BCUT2D eigenvalue weighted by Crippen LogP contribution is -2.27. The second-order valence-corrected chi connectivity index (χ2v) is 3.79. The minimum Gasteiger partial charge on any atom is -0.481 e. The van der Waals surface area contributed by atoms with E-state index in [-0.39, 0.29) is 12.5 Å². The molecule has 0 bridgehead atoms. The quantitative estimate of drug-likeness (QED) is 0.759. The summed E-state index contributed by atoms with van der Waals surface area (Å²) in [5, 5.41) is 15.7. The Kier molecular flexibility index (Phi) is 3.92. The number of nitrogens with one attached hydrogen (secondary N) is 1. The molecule has 1 rings (SSSR count). The molecule has 0 amide bonds. The van der Waals surface area contributed by atoms with Gasteiger partial charge in [0.15, 0.2) is 0 Å². The Balaban J connectivity index is 2.22. The summed E-state index contributed by atoms with van der Waals surface area (Å²) in [4.78, 5) is 10.3. The topological polar surface area (TPSA) is 49.3 Å². The molecule has 13 heavy (non-hydrogen) atoms. The van der Waals surface area contributed by atoms with Gasteiger partial charge in [0, 0.05) is 12.6 Å². The summed E-state index contributed by atoms with van der Waals surface area (Å²) in [6, 6.07) is 2.06.